The first kappa shape index (κ1) is 22.4. The molecule has 3 rings (SSSR count). The summed E-state index contributed by atoms with van der Waals surface area (Å²) in [5.74, 6) is 1.05. The van der Waals surface area contributed by atoms with Crippen LogP contribution in [-0.2, 0) is 5.41 Å². The molecule has 158 valence electrons. The van der Waals surface area contributed by atoms with E-state index in [-0.39, 0.29) is 26.4 Å². The lowest BCUT2D eigenvalue weighted by Crippen LogP contribution is -2.25. The number of hydrogen-bond acceptors (Lipinski definition) is 4. The molecular weight excluding hydrogens is 423 g/mol. The Kier molecular flexibility index (Phi) is 7.62. The molecule has 0 aliphatic heterocycles. The smallest absolute Gasteiger partial charge is 0.138 e. The van der Waals surface area contributed by atoms with Crippen LogP contribution in [0.15, 0.2) is 66.7 Å². The Labute approximate surface area is 186 Å². The minimum atomic E-state index is -0.542. The van der Waals surface area contributed by atoms with Crippen LogP contribution in [0.2, 0.25) is 10.0 Å². The maximum Gasteiger partial charge on any atom is 0.138 e. The fourth-order valence-corrected chi connectivity index (χ4v) is 3.91. The summed E-state index contributed by atoms with van der Waals surface area (Å²) < 4.78 is 11.0. The predicted octanol–water partition coefficient (Wildman–Crippen LogP) is 5.09. The molecule has 2 N–H and O–H groups in total. The van der Waals surface area contributed by atoms with Gasteiger partial charge in [0.25, 0.3) is 0 Å². The van der Waals surface area contributed by atoms with Crippen molar-refractivity contribution < 1.29 is 19.7 Å². The molecule has 6 heteroatoms. The molecular formula is C24H24Cl2O4. The van der Waals surface area contributed by atoms with Crippen LogP contribution in [0.1, 0.15) is 23.6 Å². The van der Waals surface area contributed by atoms with Crippen molar-refractivity contribution >= 4 is 23.2 Å². The zero-order valence-electron chi connectivity index (χ0n) is 16.6. The Morgan fingerprint density at radius 1 is 0.700 bits per heavy atom. The molecule has 0 saturated heterocycles. The van der Waals surface area contributed by atoms with E-state index >= 15 is 0 Å². The van der Waals surface area contributed by atoms with E-state index in [1.54, 1.807) is 0 Å². The van der Waals surface area contributed by atoms with Crippen molar-refractivity contribution in [2.24, 2.45) is 0 Å². The number of aliphatic hydroxyl groups excluding tert-OH is 2. The summed E-state index contributed by atoms with van der Waals surface area (Å²) in [6.45, 7) is 2.31. The topological polar surface area (TPSA) is 58.9 Å². The number of hydrogen-bond donors (Lipinski definition) is 2. The van der Waals surface area contributed by atoms with E-state index in [0.29, 0.717) is 21.5 Å². The monoisotopic (exact) mass is 446 g/mol. The zero-order valence-corrected chi connectivity index (χ0v) is 18.2. The summed E-state index contributed by atoms with van der Waals surface area (Å²) in [4.78, 5) is 0. The average Bonchev–Trinajstić information content (AvgIpc) is 2.77. The van der Waals surface area contributed by atoms with Crippen molar-refractivity contribution in [2.75, 3.05) is 26.4 Å². The van der Waals surface area contributed by atoms with Crippen molar-refractivity contribution in [1.82, 2.24) is 0 Å². The normalized spacial score (nSPS) is 11.4. The van der Waals surface area contributed by atoms with E-state index in [9.17, 15) is 0 Å². The van der Waals surface area contributed by atoms with E-state index in [0.717, 1.165) is 16.7 Å². The molecule has 0 atom stereocenters. The first-order chi connectivity index (χ1) is 14.5. The van der Waals surface area contributed by atoms with Crippen LogP contribution < -0.4 is 9.47 Å². The van der Waals surface area contributed by atoms with Crippen molar-refractivity contribution in [3.63, 3.8) is 0 Å². The van der Waals surface area contributed by atoms with Crippen LogP contribution in [0.25, 0.3) is 0 Å². The Balaban J connectivity index is 2.10. The van der Waals surface area contributed by atoms with Gasteiger partial charge in [-0.3, -0.25) is 0 Å². The second-order valence-electron chi connectivity index (χ2n) is 6.93. The first-order valence-corrected chi connectivity index (χ1v) is 10.4. The van der Waals surface area contributed by atoms with Crippen molar-refractivity contribution in [1.29, 1.82) is 0 Å². The number of rotatable bonds is 9. The van der Waals surface area contributed by atoms with Crippen LogP contribution in [0.3, 0.4) is 0 Å². The molecule has 0 fully saturated rings. The van der Waals surface area contributed by atoms with Gasteiger partial charge in [0.2, 0.25) is 0 Å². The van der Waals surface area contributed by atoms with E-state index in [4.69, 9.17) is 42.9 Å². The fourth-order valence-electron chi connectivity index (χ4n) is 3.44. The van der Waals surface area contributed by atoms with E-state index in [2.05, 4.69) is 19.1 Å². The molecule has 0 amide bonds. The molecule has 0 unspecified atom stereocenters. The number of ether oxygens (including phenoxy) is 2. The van der Waals surface area contributed by atoms with E-state index < -0.39 is 5.41 Å². The van der Waals surface area contributed by atoms with Gasteiger partial charge < -0.3 is 19.7 Å². The Morgan fingerprint density at radius 3 is 1.57 bits per heavy atom. The highest BCUT2D eigenvalue weighted by atomic mass is 35.5. The third kappa shape index (κ3) is 4.73. The molecule has 4 nitrogen and oxygen atoms in total. The lowest BCUT2D eigenvalue weighted by Gasteiger charge is -2.32. The molecule has 0 bridgehead atoms. The zero-order chi connectivity index (χ0) is 21.6. The maximum absolute atomic E-state index is 9.00. The summed E-state index contributed by atoms with van der Waals surface area (Å²) in [6, 6.07) is 21.4. The third-order valence-corrected chi connectivity index (χ3v) is 5.66. The molecule has 30 heavy (non-hydrogen) atoms. The average molecular weight is 447 g/mol. The lowest BCUT2D eigenvalue weighted by molar-refractivity contribution is 0.201. The minimum absolute atomic E-state index is 0.0803. The second kappa shape index (κ2) is 10.2. The van der Waals surface area contributed by atoms with E-state index in [1.165, 1.54) is 0 Å². The van der Waals surface area contributed by atoms with Crippen LogP contribution >= 0.6 is 23.2 Å². The van der Waals surface area contributed by atoms with Gasteiger partial charge in [0.15, 0.2) is 0 Å². The molecule has 0 radical (unpaired) electrons. The second-order valence-corrected chi connectivity index (χ2v) is 7.74. The molecule has 0 aliphatic carbocycles. The highest BCUT2D eigenvalue weighted by molar-refractivity contribution is 6.32. The van der Waals surface area contributed by atoms with Gasteiger partial charge in [0.1, 0.15) is 24.7 Å². The molecule has 0 aliphatic rings. The Hall–Kier alpha value is -2.24. The number of halogens is 2. The van der Waals surface area contributed by atoms with Crippen molar-refractivity contribution in [2.45, 2.75) is 12.3 Å². The fraction of sp³-hybridized carbons (Fsp3) is 0.250. The Bertz CT molecular complexity index is 919. The van der Waals surface area contributed by atoms with Crippen molar-refractivity contribution in [3.8, 4) is 11.5 Å². The van der Waals surface area contributed by atoms with Gasteiger partial charge in [-0.25, -0.2) is 0 Å². The van der Waals surface area contributed by atoms with Crippen LogP contribution in [0.5, 0.6) is 11.5 Å². The van der Waals surface area contributed by atoms with Gasteiger partial charge in [-0.15, -0.1) is 0 Å². The summed E-state index contributed by atoms with van der Waals surface area (Å²) in [5, 5.41) is 18.9. The first-order valence-electron chi connectivity index (χ1n) is 9.63. The van der Waals surface area contributed by atoms with Crippen LogP contribution in [-0.4, -0.2) is 36.6 Å². The molecule has 3 aromatic carbocycles. The largest absolute Gasteiger partial charge is 0.490 e. The summed E-state index contributed by atoms with van der Waals surface area (Å²) in [5.41, 5.74) is 2.47. The molecule has 0 saturated carbocycles. The van der Waals surface area contributed by atoms with Gasteiger partial charge >= 0.3 is 0 Å². The quantitative estimate of drug-likeness (QED) is 0.449. The number of benzene rings is 3. The summed E-state index contributed by atoms with van der Waals surface area (Å²) in [7, 11) is 0. The van der Waals surface area contributed by atoms with Gasteiger partial charge in [-0.1, -0.05) is 65.7 Å². The predicted molar refractivity (Wildman–Crippen MR) is 120 cm³/mol. The third-order valence-electron chi connectivity index (χ3n) is 5.07. The minimum Gasteiger partial charge on any atom is -0.490 e. The molecule has 0 aromatic heterocycles. The van der Waals surface area contributed by atoms with Gasteiger partial charge in [-0.2, -0.15) is 0 Å². The van der Waals surface area contributed by atoms with Gasteiger partial charge in [0.05, 0.1) is 23.3 Å². The maximum atomic E-state index is 9.00. The highest BCUT2D eigenvalue weighted by Gasteiger charge is 2.32. The SMILES string of the molecule is CC(c1ccccc1)(c1ccc(OCCO)c(Cl)c1)c1ccc(OCCO)c(Cl)c1. The Morgan fingerprint density at radius 2 is 1.17 bits per heavy atom. The highest BCUT2D eigenvalue weighted by Crippen LogP contribution is 2.43. The van der Waals surface area contributed by atoms with Crippen LogP contribution in [0.4, 0.5) is 0 Å². The summed E-state index contributed by atoms with van der Waals surface area (Å²) in [6.07, 6.45) is 0. The number of aliphatic hydroxyl groups is 2. The summed E-state index contributed by atoms with van der Waals surface area (Å²) >= 11 is 13.0. The van der Waals surface area contributed by atoms with Gasteiger partial charge in [0, 0.05) is 5.41 Å². The lowest BCUT2D eigenvalue weighted by atomic mass is 9.71. The molecule has 3 aromatic rings. The van der Waals surface area contributed by atoms with Crippen molar-refractivity contribution in [3.05, 3.63) is 93.5 Å². The van der Waals surface area contributed by atoms with Crippen LogP contribution in [0, 0.1) is 0 Å². The standard InChI is InChI=1S/C24H24Cl2O4/c1-24(17-5-3-2-4-6-17,18-7-9-22(20(25)15-18)29-13-11-27)19-8-10-23(21(26)16-19)30-14-12-28/h2-10,15-16,27-28H,11-14H2,1H3. The van der Waals surface area contributed by atoms with E-state index in [1.807, 2.05) is 54.6 Å². The molecule has 0 heterocycles. The van der Waals surface area contributed by atoms with Gasteiger partial charge in [-0.05, 0) is 47.9 Å². The molecule has 0 spiro atoms.